The minimum atomic E-state index is -0.0196. The maximum Gasteiger partial charge on any atom is 0.0580 e. The Balaban J connectivity index is 1.68. The molecule has 2 rings (SSSR count). The molecule has 0 spiro atoms. The number of aliphatic hydroxyl groups is 1. The summed E-state index contributed by atoms with van der Waals surface area (Å²) in [7, 11) is 2.24. The highest BCUT2D eigenvalue weighted by atomic mass is 16.3. The van der Waals surface area contributed by atoms with Gasteiger partial charge in [0.05, 0.1) is 6.10 Å². The molecule has 0 aromatic carbocycles. The van der Waals surface area contributed by atoms with E-state index in [1.54, 1.807) is 0 Å². The number of rotatable bonds is 4. The number of aliphatic hydroxyl groups excluding tert-OH is 1. The van der Waals surface area contributed by atoms with E-state index in [1.165, 1.54) is 51.5 Å². The Hall–Kier alpha value is -0.0800. The highest BCUT2D eigenvalue weighted by Gasteiger charge is 2.26. The number of hydrogen-bond acceptors (Lipinski definition) is 2. The summed E-state index contributed by atoms with van der Waals surface area (Å²) < 4.78 is 0. The molecule has 2 aliphatic rings. The first-order valence-electron chi connectivity index (χ1n) is 7.12. The Morgan fingerprint density at radius 3 is 2.31 bits per heavy atom. The van der Waals surface area contributed by atoms with Crippen LogP contribution in [-0.4, -0.2) is 36.2 Å². The molecule has 0 amide bonds. The zero-order chi connectivity index (χ0) is 11.4. The van der Waals surface area contributed by atoms with E-state index in [0.29, 0.717) is 5.92 Å². The summed E-state index contributed by atoms with van der Waals surface area (Å²) in [4.78, 5) is 2.47. The molecular weight excluding hydrogens is 198 g/mol. The summed E-state index contributed by atoms with van der Waals surface area (Å²) in [5, 5.41) is 9.82. The van der Waals surface area contributed by atoms with Gasteiger partial charge in [0.15, 0.2) is 0 Å². The van der Waals surface area contributed by atoms with Crippen LogP contribution < -0.4 is 0 Å². The summed E-state index contributed by atoms with van der Waals surface area (Å²) >= 11 is 0. The summed E-state index contributed by atoms with van der Waals surface area (Å²) in [5.41, 5.74) is 0. The third-order valence-electron chi connectivity index (χ3n) is 4.46. The second kappa shape index (κ2) is 6.02. The quantitative estimate of drug-likeness (QED) is 0.795. The molecule has 2 unspecified atom stereocenters. The predicted octanol–water partition coefficient (Wildman–Crippen LogP) is 2.66. The van der Waals surface area contributed by atoms with Crippen molar-refractivity contribution < 1.29 is 5.11 Å². The molecule has 0 heterocycles. The maximum atomic E-state index is 9.82. The second-order valence-corrected chi connectivity index (χ2v) is 5.98. The van der Waals surface area contributed by atoms with Crippen molar-refractivity contribution in [3.63, 3.8) is 0 Å². The highest BCUT2D eigenvalue weighted by Crippen LogP contribution is 2.28. The molecule has 2 saturated carbocycles. The largest absolute Gasteiger partial charge is 0.393 e. The van der Waals surface area contributed by atoms with Gasteiger partial charge in [-0.15, -0.1) is 0 Å². The van der Waals surface area contributed by atoms with Crippen LogP contribution in [-0.2, 0) is 0 Å². The van der Waals surface area contributed by atoms with Crippen LogP contribution in [0.15, 0.2) is 0 Å². The fourth-order valence-electron chi connectivity index (χ4n) is 3.52. The van der Waals surface area contributed by atoms with E-state index in [4.69, 9.17) is 0 Å². The van der Waals surface area contributed by atoms with Gasteiger partial charge in [-0.3, -0.25) is 0 Å². The van der Waals surface area contributed by atoms with Crippen LogP contribution in [0.1, 0.15) is 51.4 Å². The van der Waals surface area contributed by atoms with Gasteiger partial charge in [0, 0.05) is 13.1 Å². The summed E-state index contributed by atoms with van der Waals surface area (Å²) in [5.74, 6) is 1.48. The van der Waals surface area contributed by atoms with Crippen molar-refractivity contribution in [2.24, 2.45) is 11.8 Å². The zero-order valence-electron chi connectivity index (χ0n) is 10.7. The number of hydrogen-bond donors (Lipinski definition) is 1. The lowest BCUT2D eigenvalue weighted by atomic mass is 9.89. The lowest BCUT2D eigenvalue weighted by Gasteiger charge is -2.29. The standard InChI is InChI=1S/C14H27NO/c1-15(10-12-6-3-2-4-7-12)11-13-8-5-9-14(13)16/h12-14,16H,2-11H2,1H3. The van der Waals surface area contributed by atoms with Gasteiger partial charge in [-0.1, -0.05) is 25.7 Å². The van der Waals surface area contributed by atoms with E-state index < -0.39 is 0 Å². The van der Waals surface area contributed by atoms with Crippen molar-refractivity contribution >= 4 is 0 Å². The van der Waals surface area contributed by atoms with Gasteiger partial charge in [0.2, 0.25) is 0 Å². The van der Waals surface area contributed by atoms with E-state index >= 15 is 0 Å². The molecule has 0 radical (unpaired) electrons. The lowest BCUT2D eigenvalue weighted by molar-refractivity contribution is 0.102. The Morgan fingerprint density at radius 1 is 0.938 bits per heavy atom. The maximum absolute atomic E-state index is 9.82. The highest BCUT2D eigenvalue weighted by molar-refractivity contribution is 4.79. The lowest BCUT2D eigenvalue weighted by Crippen LogP contribution is -2.33. The van der Waals surface area contributed by atoms with Crippen molar-refractivity contribution in [2.45, 2.75) is 57.5 Å². The average molecular weight is 225 g/mol. The smallest absolute Gasteiger partial charge is 0.0580 e. The third-order valence-corrected chi connectivity index (χ3v) is 4.46. The van der Waals surface area contributed by atoms with Crippen LogP contribution in [0.3, 0.4) is 0 Å². The van der Waals surface area contributed by atoms with E-state index in [1.807, 2.05) is 0 Å². The first-order valence-corrected chi connectivity index (χ1v) is 7.12. The Labute approximate surface area is 100 Å². The number of nitrogens with zero attached hydrogens (tertiary/aromatic N) is 1. The van der Waals surface area contributed by atoms with Crippen molar-refractivity contribution in [3.05, 3.63) is 0 Å². The Bertz CT molecular complexity index is 201. The van der Waals surface area contributed by atoms with Crippen LogP contribution in [0, 0.1) is 11.8 Å². The van der Waals surface area contributed by atoms with Crippen molar-refractivity contribution in [3.8, 4) is 0 Å². The van der Waals surface area contributed by atoms with Crippen molar-refractivity contribution in [1.82, 2.24) is 4.90 Å². The molecule has 0 saturated heterocycles. The van der Waals surface area contributed by atoms with E-state index in [0.717, 1.165) is 18.9 Å². The van der Waals surface area contributed by atoms with Crippen LogP contribution in [0.25, 0.3) is 0 Å². The van der Waals surface area contributed by atoms with E-state index in [2.05, 4.69) is 11.9 Å². The molecule has 2 heteroatoms. The molecule has 16 heavy (non-hydrogen) atoms. The minimum Gasteiger partial charge on any atom is -0.393 e. The molecular formula is C14H27NO. The Morgan fingerprint density at radius 2 is 1.69 bits per heavy atom. The Kier molecular flexibility index (Phi) is 4.66. The van der Waals surface area contributed by atoms with Gasteiger partial charge in [0.25, 0.3) is 0 Å². The molecule has 2 nitrogen and oxygen atoms in total. The van der Waals surface area contributed by atoms with Crippen LogP contribution in [0.2, 0.25) is 0 Å². The van der Waals surface area contributed by atoms with Crippen molar-refractivity contribution in [1.29, 1.82) is 0 Å². The van der Waals surface area contributed by atoms with E-state index in [-0.39, 0.29) is 6.10 Å². The van der Waals surface area contributed by atoms with Crippen LogP contribution >= 0.6 is 0 Å². The predicted molar refractivity (Wildman–Crippen MR) is 67.4 cm³/mol. The molecule has 94 valence electrons. The first-order chi connectivity index (χ1) is 7.75. The molecule has 0 aromatic heterocycles. The fourth-order valence-corrected chi connectivity index (χ4v) is 3.52. The molecule has 2 atom stereocenters. The fraction of sp³-hybridized carbons (Fsp3) is 1.00. The van der Waals surface area contributed by atoms with Gasteiger partial charge < -0.3 is 10.0 Å². The second-order valence-electron chi connectivity index (χ2n) is 5.98. The molecule has 0 bridgehead atoms. The SMILES string of the molecule is CN(CC1CCCCC1)CC1CCCC1O. The first kappa shape index (κ1) is 12.4. The topological polar surface area (TPSA) is 23.5 Å². The monoisotopic (exact) mass is 225 g/mol. The normalized spacial score (nSPS) is 32.4. The van der Waals surface area contributed by atoms with Gasteiger partial charge in [-0.25, -0.2) is 0 Å². The van der Waals surface area contributed by atoms with E-state index in [9.17, 15) is 5.11 Å². The van der Waals surface area contributed by atoms with Gasteiger partial charge in [-0.05, 0) is 44.6 Å². The molecule has 2 fully saturated rings. The molecule has 2 aliphatic carbocycles. The summed E-state index contributed by atoms with van der Waals surface area (Å²) in [6.45, 7) is 2.36. The van der Waals surface area contributed by atoms with Gasteiger partial charge in [-0.2, -0.15) is 0 Å². The molecule has 0 aromatic rings. The zero-order valence-corrected chi connectivity index (χ0v) is 10.7. The molecule has 1 N–H and O–H groups in total. The summed E-state index contributed by atoms with van der Waals surface area (Å²) in [6, 6.07) is 0. The average Bonchev–Trinajstić information content (AvgIpc) is 2.66. The molecule has 0 aliphatic heterocycles. The van der Waals surface area contributed by atoms with Crippen LogP contribution in [0.4, 0.5) is 0 Å². The third kappa shape index (κ3) is 3.46. The van der Waals surface area contributed by atoms with Gasteiger partial charge >= 0.3 is 0 Å². The van der Waals surface area contributed by atoms with Crippen molar-refractivity contribution in [2.75, 3.05) is 20.1 Å². The minimum absolute atomic E-state index is 0.0196. The van der Waals surface area contributed by atoms with Crippen LogP contribution in [0.5, 0.6) is 0 Å². The van der Waals surface area contributed by atoms with Gasteiger partial charge in [0.1, 0.15) is 0 Å². The summed E-state index contributed by atoms with van der Waals surface area (Å²) in [6.07, 6.45) is 10.6.